The number of H-pyrrole nitrogens is 2. The Hall–Kier alpha value is -4.92. The van der Waals surface area contributed by atoms with Crippen LogP contribution in [0.3, 0.4) is 0 Å². The molecule has 0 aliphatic rings. The molecule has 0 saturated carbocycles. The number of fused-ring (bicyclic) bond motifs is 2. The Morgan fingerprint density at radius 1 is 0.917 bits per heavy atom. The van der Waals surface area contributed by atoms with Crippen LogP contribution in [0.4, 0.5) is 5.69 Å². The van der Waals surface area contributed by atoms with Crippen molar-refractivity contribution in [1.82, 2.24) is 35.1 Å². The van der Waals surface area contributed by atoms with Crippen LogP contribution in [-0.4, -0.2) is 41.0 Å². The summed E-state index contributed by atoms with van der Waals surface area (Å²) in [5, 5.41) is 11.5. The highest BCUT2D eigenvalue weighted by Gasteiger charge is 2.16. The zero-order valence-electron chi connectivity index (χ0n) is 19.5. The van der Waals surface area contributed by atoms with Gasteiger partial charge in [-0.25, -0.2) is 4.98 Å². The highest BCUT2D eigenvalue weighted by atomic mass is 16.1. The number of aromatic amines is 2. The third-order valence-corrected chi connectivity index (χ3v) is 5.99. The standard InChI is InChI=1S/C27H22N8O/c1-2-4-24(36)31-19-9-18(12-29-13-19)16-6-7-22-20(10-16)26(35-34-22)27-32-23-15-30-14-21(25(23)33-27)17-5-3-8-28-11-17/h3,5-15H,2,4H2,1H3,(H,31,36)(H,32,33)(H,34,35). The first-order valence-electron chi connectivity index (χ1n) is 11.7. The first kappa shape index (κ1) is 21.6. The second-order valence-corrected chi connectivity index (χ2v) is 8.50. The van der Waals surface area contributed by atoms with Gasteiger partial charge in [0, 0.05) is 53.3 Å². The number of hydrogen-bond acceptors (Lipinski definition) is 6. The predicted molar refractivity (Wildman–Crippen MR) is 139 cm³/mol. The number of pyridine rings is 3. The van der Waals surface area contributed by atoms with Gasteiger partial charge < -0.3 is 10.3 Å². The largest absolute Gasteiger partial charge is 0.335 e. The van der Waals surface area contributed by atoms with Crippen molar-refractivity contribution in [2.75, 3.05) is 5.32 Å². The Kier molecular flexibility index (Phi) is 5.42. The van der Waals surface area contributed by atoms with Crippen molar-refractivity contribution in [1.29, 1.82) is 0 Å². The van der Waals surface area contributed by atoms with Gasteiger partial charge in [-0.2, -0.15) is 5.10 Å². The lowest BCUT2D eigenvalue weighted by atomic mass is 10.0. The van der Waals surface area contributed by atoms with E-state index in [9.17, 15) is 4.79 Å². The second-order valence-electron chi connectivity index (χ2n) is 8.50. The van der Waals surface area contributed by atoms with E-state index in [1.807, 2.05) is 37.3 Å². The third kappa shape index (κ3) is 3.96. The van der Waals surface area contributed by atoms with E-state index in [0.717, 1.165) is 50.6 Å². The summed E-state index contributed by atoms with van der Waals surface area (Å²) in [6.07, 6.45) is 11.8. The number of carbonyl (C=O) groups is 1. The van der Waals surface area contributed by atoms with Gasteiger partial charge in [-0.05, 0) is 36.2 Å². The Bertz CT molecular complexity index is 1700. The maximum absolute atomic E-state index is 12.0. The summed E-state index contributed by atoms with van der Waals surface area (Å²) in [4.78, 5) is 33.2. The van der Waals surface area contributed by atoms with Crippen LogP contribution in [0.5, 0.6) is 0 Å². The molecule has 1 amide bonds. The number of anilines is 1. The molecular weight excluding hydrogens is 452 g/mol. The van der Waals surface area contributed by atoms with E-state index in [1.165, 1.54) is 0 Å². The number of amides is 1. The number of aromatic nitrogens is 7. The molecule has 3 N–H and O–H groups in total. The molecule has 6 aromatic rings. The van der Waals surface area contributed by atoms with E-state index in [1.54, 1.807) is 37.2 Å². The molecule has 176 valence electrons. The van der Waals surface area contributed by atoms with Crippen molar-refractivity contribution in [3.05, 3.63) is 73.6 Å². The number of imidazole rings is 1. The fraction of sp³-hybridized carbons (Fsp3) is 0.111. The van der Waals surface area contributed by atoms with Crippen molar-refractivity contribution in [3.8, 4) is 33.8 Å². The molecule has 0 bridgehead atoms. The lowest BCUT2D eigenvalue weighted by molar-refractivity contribution is -0.116. The molecule has 5 aromatic heterocycles. The van der Waals surface area contributed by atoms with E-state index >= 15 is 0 Å². The fourth-order valence-corrected chi connectivity index (χ4v) is 4.27. The van der Waals surface area contributed by atoms with Crippen LogP contribution in [0.15, 0.2) is 73.6 Å². The van der Waals surface area contributed by atoms with Crippen molar-refractivity contribution in [3.63, 3.8) is 0 Å². The second kappa shape index (κ2) is 9.03. The smallest absolute Gasteiger partial charge is 0.224 e. The van der Waals surface area contributed by atoms with Crippen molar-refractivity contribution >= 4 is 33.5 Å². The highest BCUT2D eigenvalue weighted by molar-refractivity contribution is 5.98. The minimum Gasteiger partial charge on any atom is -0.335 e. The Labute approximate surface area is 206 Å². The minimum atomic E-state index is -0.0194. The van der Waals surface area contributed by atoms with Crippen LogP contribution >= 0.6 is 0 Å². The van der Waals surface area contributed by atoms with Crippen LogP contribution < -0.4 is 5.32 Å². The van der Waals surface area contributed by atoms with Crippen LogP contribution in [0.1, 0.15) is 19.8 Å². The number of rotatable bonds is 6. The predicted octanol–water partition coefficient (Wildman–Crippen LogP) is 5.36. The number of carbonyl (C=O) groups excluding carboxylic acids is 1. The van der Waals surface area contributed by atoms with Crippen LogP contribution in [0, 0.1) is 0 Å². The molecule has 0 unspecified atom stereocenters. The van der Waals surface area contributed by atoms with Gasteiger partial charge in [0.15, 0.2) is 5.82 Å². The minimum absolute atomic E-state index is 0.0194. The summed E-state index contributed by atoms with van der Waals surface area (Å²) >= 11 is 0. The summed E-state index contributed by atoms with van der Waals surface area (Å²) in [6.45, 7) is 1.98. The average Bonchev–Trinajstić information content (AvgIpc) is 3.53. The molecule has 36 heavy (non-hydrogen) atoms. The molecule has 1 aromatic carbocycles. The van der Waals surface area contributed by atoms with E-state index in [2.05, 4.69) is 41.5 Å². The first-order chi connectivity index (χ1) is 17.7. The van der Waals surface area contributed by atoms with Gasteiger partial charge in [0.25, 0.3) is 0 Å². The maximum Gasteiger partial charge on any atom is 0.224 e. The fourth-order valence-electron chi connectivity index (χ4n) is 4.27. The van der Waals surface area contributed by atoms with E-state index in [-0.39, 0.29) is 5.91 Å². The zero-order chi connectivity index (χ0) is 24.5. The molecule has 0 atom stereocenters. The van der Waals surface area contributed by atoms with Crippen LogP contribution in [0.25, 0.3) is 55.7 Å². The van der Waals surface area contributed by atoms with Crippen molar-refractivity contribution in [2.45, 2.75) is 19.8 Å². The quantitative estimate of drug-likeness (QED) is 0.298. The summed E-state index contributed by atoms with van der Waals surface area (Å²) < 4.78 is 0. The Balaban J connectivity index is 1.40. The Morgan fingerprint density at radius 2 is 1.81 bits per heavy atom. The molecule has 0 aliphatic heterocycles. The molecule has 9 nitrogen and oxygen atoms in total. The van der Waals surface area contributed by atoms with Gasteiger partial charge >= 0.3 is 0 Å². The van der Waals surface area contributed by atoms with Gasteiger partial charge in [0.05, 0.1) is 29.1 Å². The van der Waals surface area contributed by atoms with Crippen molar-refractivity contribution < 1.29 is 4.79 Å². The molecule has 9 heteroatoms. The SMILES string of the molecule is CCCC(=O)Nc1cncc(-c2ccc3[nH]nc(-c4nc5c(-c6cccnc6)cncc5[nH]4)c3c2)c1. The maximum atomic E-state index is 12.0. The molecule has 0 aliphatic carbocycles. The van der Waals surface area contributed by atoms with E-state index in [0.29, 0.717) is 23.6 Å². The normalized spacial score (nSPS) is 11.2. The summed E-state index contributed by atoms with van der Waals surface area (Å²) in [5.41, 5.74) is 7.59. The molecule has 6 rings (SSSR count). The number of nitrogens with zero attached hydrogens (tertiary/aromatic N) is 5. The molecule has 0 spiro atoms. The van der Waals surface area contributed by atoms with Gasteiger partial charge in [-0.3, -0.25) is 24.8 Å². The number of benzene rings is 1. The van der Waals surface area contributed by atoms with Crippen LogP contribution in [-0.2, 0) is 4.79 Å². The zero-order valence-corrected chi connectivity index (χ0v) is 19.5. The molecule has 5 heterocycles. The third-order valence-electron chi connectivity index (χ3n) is 5.99. The van der Waals surface area contributed by atoms with E-state index < -0.39 is 0 Å². The van der Waals surface area contributed by atoms with Gasteiger partial charge in [-0.15, -0.1) is 0 Å². The number of hydrogen-bond donors (Lipinski definition) is 3. The molecule has 0 fully saturated rings. The summed E-state index contributed by atoms with van der Waals surface area (Å²) in [6, 6.07) is 11.8. The van der Waals surface area contributed by atoms with Gasteiger partial charge in [0.1, 0.15) is 11.2 Å². The summed E-state index contributed by atoms with van der Waals surface area (Å²) in [5.74, 6) is 0.624. The lowest BCUT2D eigenvalue weighted by Gasteiger charge is -2.07. The molecular formula is C27H22N8O. The topological polar surface area (TPSA) is 125 Å². The van der Waals surface area contributed by atoms with Crippen molar-refractivity contribution in [2.24, 2.45) is 0 Å². The monoisotopic (exact) mass is 474 g/mol. The molecule has 0 saturated heterocycles. The number of nitrogens with one attached hydrogen (secondary N) is 3. The summed E-state index contributed by atoms with van der Waals surface area (Å²) in [7, 11) is 0. The van der Waals surface area contributed by atoms with Gasteiger partial charge in [-0.1, -0.05) is 19.1 Å². The van der Waals surface area contributed by atoms with E-state index in [4.69, 9.17) is 4.98 Å². The molecule has 0 radical (unpaired) electrons. The highest BCUT2D eigenvalue weighted by Crippen LogP contribution is 2.32. The first-order valence-corrected chi connectivity index (χ1v) is 11.7. The van der Waals surface area contributed by atoms with Crippen LogP contribution in [0.2, 0.25) is 0 Å². The Morgan fingerprint density at radius 3 is 2.67 bits per heavy atom. The average molecular weight is 475 g/mol. The lowest BCUT2D eigenvalue weighted by Crippen LogP contribution is -2.10. The van der Waals surface area contributed by atoms with Gasteiger partial charge in [0.2, 0.25) is 5.91 Å².